The van der Waals surface area contributed by atoms with Crippen molar-refractivity contribution in [1.29, 1.82) is 0 Å². The van der Waals surface area contributed by atoms with E-state index < -0.39 is 18.0 Å². The SMILES string of the molecule is CC(=O)NC[C@H]1CN(c2ccc(C3C=CSC(=O)C3)c(F)c2)C(=O)O1. The van der Waals surface area contributed by atoms with E-state index in [1.165, 1.54) is 17.9 Å². The number of carbonyl (C=O) groups excluding carboxylic acids is 3. The molecule has 0 spiro atoms. The molecular formula is C17H17FN2O4S. The molecule has 1 unspecified atom stereocenters. The lowest BCUT2D eigenvalue weighted by atomic mass is 9.95. The van der Waals surface area contributed by atoms with Crippen LogP contribution in [0.25, 0.3) is 0 Å². The highest BCUT2D eigenvalue weighted by molar-refractivity contribution is 8.16. The maximum absolute atomic E-state index is 14.5. The highest BCUT2D eigenvalue weighted by Crippen LogP contribution is 2.33. The van der Waals surface area contributed by atoms with Crippen LogP contribution in [0.1, 0.15) is 24.8 Å². The lowest BCUT2D eigenvalue weighted by Gasteiger charge is -2.18. The Kier molecular flexibility index (Phi) is 5.08. The largest absolute Gasteiger partial charge is 0.442 e. The van der Waals surface area contributed by atoms with Crippen molar-refractivity contribution in [2.45, 2.75) is 25.4 Å². The molecule has 3 rings (SSSR count). The summed E-state index contributed by atoms with van der Waals surface area (Å²) >= 11 is 1.11. The van der Waals surface area contributed by atoms with Crippen LogP contribution in [0, 0.1) is 5.82 Å². The van der Waals surface area contributed by atoms with Crippen LogP contribution in [0.3, 0.4) is 0 Å². The average Bonchev–Trinajstić information content (AvgIpc) is 2.94. The fraction of sp³-hybridized carbons (Fsp3) is 0.353. The summed E-state index contributed by atoms with van der Waals surface area (Å²) in [7, 11) is 0. The Morgan fingerprint density at radius 1 is 1.44 bits per heavy atom. The Morgan fingerprint density at radius 2 is 2.24 bits per heavy atom. The van der Waals surface area contributed by atoms with Crippen LogP contribution >= 0.6 is 11.8 Å². The topological polar surface area (TPSA) is 75.7 Å². The van der Waals surface area contributed by atoms with Crippen LogP contribution in [-0.4, -0.2) is 36.3 Å². The first-order chi connectivity index (χ1) is 11.9. The molecule has 0 saturated carbocycles. The number of cyclic esters (lactones) is 1. The van der Waals surface area contributed by atoms with Crippen molar-refractivity contribution in [1.82, 2.24) is 5.32 Å². The summed E-state index contributed by atoms with van der Waals surface area (Å²) in [5, 5.41) is 4.26. The van der Waals surface area contributed by atoms with E-state index in [9.17, 15) is 18.8 Å². The van der Waals surface area contributed by atoms with Crippen molar-refractivity contribution in [2.24, 2.45) is 0 Å². The zero-order valence-electron chi connectivity index (χ0n) is 13.5. The van der Waals surface area contributed by atoms with Crippen molar-refractivity contribution >= 4 is 34.6 Å². The molecule has 0 aliphatic carbocycles. The Morgan fingerprint density at radius 3 is 2.92 bits per heavy atom. The molecule has 1 aromatic rings. The minimum atomic E-state index is -0.577. The molecule has 25 heavy (non-hydrogen) atoms. The second-order valence-corrected chi connectivity index (χ2v) is 6.85. The highest BCUT2D eigenvalue weighted by atomic mass is 32.2. The Bertz CT molecular complexity index is 752. The summed E-state index contributed by atoms with van der Waals surface area (Å²) in [5.74, 6) is -0.969. The van der Waals surface area contributed by atoms with Gasteiger partial charge in [-0.05, 0) is 23.1 Å². The normalized spacial score (nSPS) is 22.9. The number of ether oxygens (including phenoxy) is 1. The first kappa shape index (κ1) is 17.5. The number of thioether (sulfide) groups is 1. The van der Waals surface area contributed by atoms with Gasteiger partial charge >= 0.3 is 6.09 Å². The number of amides is 2. The molecule has 2 heterocycles. The molecule has 1 saturated heterocycles. The third-order valence-electron chi connectivity index (χ3n) is 4.04. The van der Waals surface area contributed by atoms with Gasteiger partial charge in [0.1, 0.15) is 11.9 Å². The number of hydrogen-bond donors (Lipinski definition) is 1. The fourth-order valence-corrected chi connectivity index (χ4v) is 3.50. The molecule has 2 amide bonds. The average molecular weight is 364 g/mol. The number of hydrogen-bond acceptors (Lipinski definition) is 5. The molecule has 2 aliphatic heterocycles. The maximum atomic E-state index is 14.5. The maximum Gasteiger partial charge on any atom is 0.414 e. The number of nitrogens with one attached hydrogen (secondary N) is 1. The number of rotatable bonds is 4. The predicted molar refractivity (Wildman–Crippen MR) is 91.8 cm³/mol. The van der Waals surface area contributed by atoms with Crippen molar-refractivity contribution in [3.63, 3.8) is 0 Å². The lowest BCUT2D eigenvalue weighted by Crippen LogP contribution is -2.33. The summed E-state index contributed by atoms with van der Waals surface area (Å²) in [6.07, 6.45) is 1.00. The lowest BCUT2D eigenvalue weighted by molar-refractivity contribution is -0.119. The van der Waals surface area contributed by atoms with Crippen molar-refractivity contribution in [2.75, 3.05) is 18.0 Å². The van der Waals surface area contributed by atoms with Gasteiger partial charge in [0.2, 0.25) is 5.91 Å². The van der Waals surface area contributed by atoms with Gasteiger partial charge in [0, 0.05) is 19.3 Å². The molecule has 2 atom stereocenters. The van der Waals surface area contributed by atoms with Crippen LogP contribution in [0.4, 0.5) is 14.9 Å². The molecule has 2 aliphatic rings. The van der Waals surface area contributed by atoms with E-state index >= 15 is 0 Å². The van der Waals surface area contributed by atoms with Crippen LogP contribution in [0.15, 0.2) is 29.7 Å². The smallest absolute Gasteiger partial charge is 0.414 e. The van der Waals surface area contributed by atoms with Gasteiger partial charge in [-0.15, -0.1) is 0 Å². The molecule has 1 aromatic carbocycles. The van der Waals surface area contributed by atoms with Crippen LogP contribution in [0.2, 0.25) is 0 Å². The van der Waals surface area contributed by atoms with Gasteiger partial charge in [-0.2, -0.15) is 0 Å². The third kappa shape index (κ3) is 4.01. The molecule has 1 N–H and O–H groups in total. The molecule has 1 fully saturated rings. The van der Waals surface area contributed by atoms with E-state index in [-0.39, 0.29) is 36.5 Å². The van der Waals surface area contributed by atoms with E-state index in [0.29, 0.717) is 11.3 Å². The van der Waals surface area contributed by atoms with Gasteiger partial charge in [0.25, 0.3) is 0 Å². The Balaban J connectivity index is 1.73. The standard InChI is InChI=1S/C17H17FN2O4S/c1-10(21)19-8-13-9-20(17(23)24-13)12-2-3-14(15(18)7-12)11-4-5-25-16(22)6-11/h2-5,7,11,13H,6,8-9H2,1H3,(H,19,21)/t11?,13-/m0/s1. The minimum Gasteiger partial charge on any atom is -0.442 e. The number of benzene rings is 1. The zero-order chi connectivity index (χ0) is 18.0. The van der Waals surface area contributed by atoms with E-state index in [4.69, 9.17) is 4.74 Å². The van der Waals surface area contributed by atoms with Crippen LogP contribution < -0.4 is 10.2 Å². The number of allylic oxidation sites excluding steroid dienone is 1. The number of halogens is 1. The van der Waals surface area contributed by atoms with Crippen molar-refractivity contribution in [3.05, 3.63) is 41.1 Å². The molecule has 6 nitrogen and oxygen atoms in total. The summed E-state index contributed by atoms with van der Waals surface area (Å²) < 4.78 is 19.7. The number of anilines is 1. The Labute approximate surface area is 148 Å². The summed E-state index contributed by atoms with van der Waals surface area (Å²) in [5.41, 5.74) is 0.813. The van der Waals surface area contributed by atoms with Gasteiger partial charge in [0.05, 0.1) is 18.8 Å². The summed E-state index contributed by atoms with van der Waals surface area (Å²) in [4.78, 5) is 35.8. The summed E-state index contributed by atoms with van der Waals surface area (Å²) in [6, 6.07) is 4.51. The first-order valence-electron chi connectivity index (χ1n) is 7.82. The minimum absolute atomic E-state index is 0.0000830. The van der Waals surface area contributed by atoms with Gasteiger partial charge in [-0.3, -0.25) is 14.5 Å². The van der Waals surface area contributed by atoms with Gasteiger partial charge in [-0.25, -0.2) is 9.18 Å². The van der Waals surface area contributed by atoms with Gasteiger partial charge in [-0.1, -0.05) is 23.9 Å². The number of carbonyl (C=O) groups is 3. The molecule has 0 radical (unpaired) electrons. The molecule has 0 aromatic heterocycles. The molecule has 0 bridgehead atoms. The zero-order valence-corrected chi connectivity index (χ0v) is 14.3. The summed E-state index contributed by atoms with van der Waals surface area (Å²) in [6.45, 7) is 1.83. The van der Waals surface area contributed by atoms with Gasteiger partial charge in [0.15, 0.2) is 5.12 Å². The molecule has 8 heteroatoms. The first-order valence-corrected chi connectivity index (χ1v) is 8.70. The molecule has 132 valence electrons. The predicted octanol–water partition coefficient (Wildman–Crippen LogP) is 2.55. The monoisotopic (exact) mass is 364 g/mol. The quantitative estimate of drug-likeness (QED) is 0.889. The molecular weight excluding hydrogens is 347 g/mol. The third-order valence-corrected chi connectivity index (χ3v) is 4.77. The van der Waals surface area contributed by atoms with Crippen LogP contribution in [-0.2, 0) is 14.3 Å². The second-order valence-electron chi connectivity index (χ2n) is 5.89. The van der Waals surface area contributed by atoms with E-state index in [0.717, 1.165) is 11.8 Å². The second kappa shape index (κ2) is 7.26. The van der Waals surface area contributed by atoms with Crippen molar-refractivity contribution in [3.8, 4) is 0 Å². The Hall–Kier alpha value is -2.35. The van der Waals surface area contributed by atoms with Crippen LogP contribution in [0.5, 0.6) is 0 Å². The van der Waals surface area contributed by atoms with E-state index in [1.54, 1.807) is 23.6 Å². The van der Waals surface area contributed by atoms with Gasteiger partial charge < -0.3 is 10.1 Å². The van der Waals surface area contributed by atoms with E-state index in [2.05, 4.69) is 5.32 Å². The highest BCUT2D eigenvalue weighted by Gasteiger charge is 2.33. The number of nitrogens with zero attached hydrogens (tertiary/aromatic N) is 1. The van der Waals surface area contributed by atoms with E-state index in [1.807, 2.05) is 0 Å². The fourth-order valence-electron chi connectivity index (χ4n) is 2.80. The van der Waals surface area contributed by atoms with Crippen molar-refractivity contribution < 1.29 is 23.5 Å².